The van der Waals surface area contributed by atoms with E-state index in [2.05, 4.69) is 0 Å². The van der Waals surface area contributed by atoms with Crippen molar-refractivity contribution in [3.63, 3.8) is 0 Å². The lowest BCUT2D eigenvalue weighted by Gasteiger charge is -2.28. The molecule has 8 heteroatoms. The van der Waals surface area contributed by atoms with Gasteiger partial charge in [0.05, 0.1) is 32.8 Å². The van der Waals surface area contributed by atoms with E-state index in [0.717, 1.165) is 32.1 Å². The minimum Gasteiger partial charge on any atom is -0.466 e. The molecule has 0 unspecified atom stereocenters. The lowest BCUT2D eigenvalue weighted by atomic mass is 9.79. The van der Waals surface area contributed by atoms with E-state index in [9.17, 15) is 19.2 Å². The Hall–Kier alpha value is -2.12. The van der Waals surface area contributed by atoms with Gasteiger partial charge in [0, 0.05) is 6.42 Å². The second-order valence-electron chi connectivity index (χ2n) is 7.89. The van der Waals surface area contributed by atoms with E-state index >= 15 is 0 Å². The lowest BCUT2D eigenvalue weighted by molar-refractivity contribution is -0.179. The number of ether oxygens (including phenoxy) is 4. The normalized spacial score (nSPS) is 11.0. The summed E-state index contributed by atoms with van der Waals surface area (Å²) in [4.78, 5) is 50.8. The highest BCUT2D eigenvalue weighted by molar-refractivity contribution is 6.03. The van der Waals surface area contributed by atoms with E-state index < -0.39 is 35.7 Å². The maximum atomic E-state index is 13.1. The molecule has 186 valence electrons. The van der Waals surface area contributed by atoms with Crippen molar-refractivity contribution in [2.45, 2.75) is 98.3 Å². The molecule has 0 heterocycles. The number of unbranched alkanes of at least 4 members (excludes halogenated alkanes) is 4. The molecule has 0 amide bonds. The summed E-state index contributed by atoms with van der Waals surface area (Å²) in [6.07, 6.45) is 4.94. The second-order valence-corrected chi connectivity index (χ2v) is 7.89. The summed E-state index contributed by atoms with van der Waals surface area (Å²) in [5, 5.41) is 0. The standard InChI is InChI=1S/C24H42O8/c1-5-9-15-29-20(25)13-14-24(22(27)31-17-11-7-3,23(28)32-18-12-8-4)19-21(26)30-16-10-6-2/h5-19H2,1-4H3. The molecule has 0 radical (unpaired) electrons. The second kappa shape index (κ2) is 18.5. The number of hydrogen-bond acceptors (Lipinski definition) is 8. The SMILES string of the molecule is CCCCOC(=O)CCC(CC(=O)OCCCC)(C(=O)OCCCC)C(=O)OCCCC. The molecule has 0 aromatic heterocycles. The van der Waals surface area contributed by atoms with Crippen LogP contribution in [0.25, 0.3) is 0 Å². The van der Waals surface area contributed by atoms with Crippen LogP contribution in [0.4, 0.5) is 0 Å². The topological polar surface area (TPSA) is 105 Å². The van der Waals surface area contributed by atoms with Crippen molar-refractivity contribution in [3.8, 4) is 0 Å². The van der Waals surface area contributed by atoms with Crippen molar-refractivity contribution >= 4 is 23.9 Å². The number of carbonyl (C=O) groups excluding carboxylic acids is 4. The molecular weight excluding hydrogens is 416 g/mol. The van der Waals surface area contributed by atoms with Crippen molar-refractivity contribution in [2.24, 2.45) is 5.41 Å². The van der Waals surface area contributed by atoms with Crippen molar-refractivity contribution in [3.05, 3.63) is 0 Å². The van der Waals surface area contributed by atoms with Gasteiger partial charge in [0.2, 0.25) is 0 Å². The highest BCUT2D eigenvalue weighted by Gasteiger charge is 2.51. The maximum absolute atomic E-state index is 13.1. The summed E-state index contributed by atoms with van der Waals surface area (Å²) in [6.45, 7) is 8.51. The molecular formula is C24H42O8. The summed E-state index contributed by atoms with van der Waals surface area (Å²) in [7, 11) is 0. The van der Waals surface area contributed by atoms with Gasteiger partial charge in [-0.05, 0) is 32.1 Å². The van der Waals surface area contributed by atoms with E-state index in [-0.39, 0.29) is 39.3 Å². The summed E-state index contributed by atoms with van der Waals surface area (Å²) in [5.41, 5.74) is -1.94. The Balaban J connectivity index is 5.62. The van der Waals surface area contributed by atoms with Crippen LogP contribution in [0.3, 0.4) is 0 Å². The Morgan fingerprint density at radius 3 is 1.34 bits per heavy atom. The van der Waals surface area contributed by atoms with E-state index in [1.165, 1.54) is 0 Å². The zero-order valence-electron chi connectivity index (χ0n) is 20.4. The van der Waals surface area contributed by atoms with Crippen LogP contribution in [0.1, 0.15) is 98.3 Å². The zero-order valence-corrected chi connectivity index (χ0v) is 20.4. The zero-order chi connectivity index (χ0) is 24.2. The molecule has 0 bridgehead atoms. The number of hydrogen-bond donors (Lipinski definition) is 0. The van der Waals surface area contributed by atoms with Crippen LogP contribution in [0, 0.1) is 5.41 Å². The molecule has 0 aromatic rings. The molecule has 32 heavy (non-hydrogen) atoms. The summed E-state index contributed by atoms with van der Waals surface area (Å²) >= 11 is 0. The molecule has 0 aliphatic heterocycles. The van der Waals surface area contributed by atoms with Gasteiger partial charge in [-0.15, -0.1) is 0 Å². The molecule has 0 atom stereocenters. The van der Waals surface area contributed by atoms with Gasteiger partial charge in [0.15, 0.2) is 5.41 Å². The largest absolute Gasteiger partial charge is 0.466 e. The highest BCUT2D eigenvalue weighted by Crippen LogP contribution is 2.33. The Morgan fingerprint density at radius 2 is 0.938 bits per heavy atom. The van der Waals surface area contributed by atoms with Gasteiger partial charge in [0.1, 0.15) is 0 Å². The Kier molecular flexibility index (Phi) is 17.2. The molecule has 0 N–H and O–H groups in total. The molecule has 0 fully saturated rings. The van der Waals surface area contributed by atoms with Gasteiger partial charge in [-0.25, -0.2) is 0 Å². The predicted octanol–water partition coefficient (Wildman–Crippen LogP) is 4.52. The van der Waals surface area contributed by atoms with Crippen LogP contribution < -0.4 is 0 Å². The van der Waals surface area contributed by atoms with Crippen LogP contribution in [0.15, 0.2) is 0 Å². The van der Waals surface area contributed by atoms with E-state index in [0.29, 0.717) is 19.3 Å². The maximum Gasteiger partial charge on any atom is 0.324 e. The van der Waals surface area contributed by atoms with E-state index in [1.807, 2.05) is 27.7 Å². The number of rotatable bonds is 19. The van der Waals surface area contributed by atoms with Crippen molar-refractivity contribution in [1.82, 2.24) is 0 Å². The van der Waals surface area contributed by atoms with Crippen molar-refractivity contribution in [1.29, 1.82) is 0 Å². The first-order valence-corrected chi connectivity index (χ1v) is 12.0. The Morgan fingerprint density at radius 1 is 0.562 bits per heavy atom. The average molecular weight is 459 g/mol. The number of carbonyl (C=O) groups is 4. The van der Waals surface area contributed by atoms with Crippen LogP contribution in [-0.4, -0.2) is 50.3 Å². The fourth-order valence-corrected chi connectivity index (χ4v) is 2.76. The molecule has 0 saturated carbocycles. The monoisotopic (exact) mass is 458 g/mol. The molecule has 0 saturated heterocycles. The fourth-order valence-electron chi connectivity index (χ4n) is 2.76. The summed E-state index contributed by atoms with van der Waals surface area (Å²) in [6, 6.07) is 0. The molecule has 0 spiro atoms. The fraction of sp³-hybridized carbons (Fsp3) is 0.833. The first-order valence-electron chi connectivity index (χ1n) is 12.0. The smallest absolute Gasteiger partial charge is 0.324 e. The molecule has 0 aliphatic rings. The first kappa shape index (κ1) is 29.9. The van der Waals surface area contributed by atoms with E-state index in [4.69, 9.17) is 18.9 Å². The van der Waals surface area contributed by atoms with Gasteiger partial charge >= 0.3 is 23.9 Å². The molecule has 8 nitrogen and oxygen atoms in total. The van der Waals surface area contributed by atoms with Gasteiger partial charge in [-0.1, -0.05) is 53.4 Å². The first-order chi connectivity index (χ1) is 15.4. The van der Waals surface area contributed by atoms with Gasteiger partial charge < -0.3 is 18.9 Å². The molecule has 0 aliphatic carbocycles. The molecule has 0 aromatic carbocycles. The van der Waals surface area contributed by atoms with Gasteiger partial charge in [-0.2, -0.15) is 0 Å². The quantitative estimate of drug-likeness (QED) is 0.120. The van der Waals surface area contributed by atoms with Crippen LogP contribution in [0.2, 0.25) is 0 Å². The summed E-state index contributed by atoms with van der Waals surface area (Å²) < 4.78 is 21.0. The van der Waals surface area contributed by atoms with Crippen molar-refractivity contribution in [2.75, 3.05) is 26.4 Å². The van der Waals surface area contributed by atoms with Crippen molar-refractivity contribution < 1.29 is 38.1 Å². The number of esters is 4. The lowest BCUT2D eigenvalue weighted by Crippen LogP contribution is -2.45. The molecule has 0 rings (SSSR count). The highest BCUT2D eigenvalue weighted by atomic mass is 16.6. The van der Waals surface area contributed by atoms with E-state index in [1.54, 1.807) is 0 Å². The Labute approximate surface area is 192 Å². The third-order valence-corrected chi connectivity index (χ3v) is 4.97. The average Bonchev–Trinajstić information content (AvgIpc) is 2.77. The predicted molar refractivity (Wildman–Crippen MR) is 120 cm³/mol. The minimum absolute atomic E-state index is 0.116. The summed E-state index contributed by atoms with van der Waals surface area (Å²) in [5.74, 6) is -2.95. The van der Waals surface area contributed by atoms with Crippen LogP contribution in [0.5, 0.6) is 0 Å². The van der Waals surface area contributed by atoms with Gasteiger partial charge in [0.25, 0.3) is 0 Å². The Bertz CT molecular complexity index is 536. The third kappa shape index (κ3) is 12.1. The third-order valence-electron chi connectivity index (χ3n) is 4.97. The van der Waals surface area contributed by atoms with Crippen LogP contribution in [-0.2, 0) is 38.1 Å². The van der Waals surface area contributed by atoms with Crippen LogP contribution >= 0.6 is 0 Å². The van der Waals surface area contributed by atoms with Gasteiger partial charge in [-0.3, -0.25) is 19.2 Å². The minimum atomic E-state index is -1.94.